The number of aromatic nitrogens is 3. The van der Waals surface area contributed by atoms with Crippen LogP contribution in [0.2, 0.25) is 0 Å². The van der Waals surface area contributed by atoms with Gasteiger partial charge in [0.2, 0.25) is 5.78 Å². The maximum Gasteiger partial charge on any atom is 0.416 e. The number of nitrogens with zero attached hydrogens (tertiary/aromatic N) is 2. The quantitative estimate of drug-likeness (QED) is 0.537. The van der Waals surface area contributed by atoms with Gasteiger partial charge in [-0.05, 0) is 23.3 Å². The Morgan fingerprint density at radius 3 is 2.65 bits per heavy atom. The maximum absolute atomic E-state index is 12.7. The first-order chi connectivity index (χ1) is 12.3. The molecular weight excluding hydrogens is 351 g/mol. The highest BCUT2D eigenvalue weighted by Gasteiger charge is 2.30. The average Bonchev–Trinajstić information content (AvgIpc) is 3.26. The second-order valence-electron chi connectivity index (χ2n) is 5.56. The van der Waals surface area contributed by atoms with Gasteiger partial charge in [0, 0.05) is 12.8 Å². The van der Waals surface area contributed by atoms with Gasteiger partial charge in [-0.2, -0.15) is 18.3 Å². The molecule has 0 aliphatic rings. The number of ketones is 2. The zero-order valence-electron chi connectivity index (χ0n) is 13.2. The number of hydrogen-bond donors (Lipinski definition) is 1. The summed E-state index contributed by atoms with van der Waals surface area (Å²) >= 11 is 0. The molecule has 2 aromatic heterocycles. The second kappa shape index (κ2) is 6.95. The second-order valence-corrected chi connectivity index (χ2v) is 5.56. The maximum atomic E-state index is 12.7. The summed E-state index contributed by atoms with van der Waals surface area (Å²) in [5.41, 5.74) is 0.129. The third-order valence-corrected chi connectivity index (χ3v) is 3.59. The van der Waals surface area contributed by atoms with E-state index in [1.165, 1.54) is 18.4 Å². The van der Waals surface area contributed by atoms with E-state index in [1.807, 2.05) is 0 Å². The van der Waals surface area contributed by atoms with E-state index in [1.54, 1.807) is 6.07 Å². The molecule has 0 bridgehead atoms. The predicted octanol–water partition coefficient (Wildman–Crippen LogP) is 3.00. The Morgan fingerprint density at radius 2 is 1.96 bits per heavy atom. The van der Waals surface area contributed by atoms with E-state index in [4.69, 9.17) is 4.42 Å². The van der Waals surface area contributed by atoms with Gasteiger partial charge in [-0.25, -0.2) is 4.98 Å². The van der Waals surface area contributed by atoms with Crippen molar-refractivity contribution in [2.45, 2.75) is 19.0 Å². The Bertz CT molecular complexity index is 930. The number of alkyl halides is 3. The number of carbonyl (C=O) groups is 2. The van der Waals surface area contributed by atoms with Crippen molar-refractivity contribution in [1.82, 2.24) is 15.2 Å². The molecular formula is C17H12F3N3O3. The van der Waals surface area contributed by atoms with Gasteiger partial charge in [-0.15, -0.1) is 0 Å². The van der Waals surface area contributed by atoms with Crippen LogP contribution in [-0.4, -0.2) is 26.7 Å². The van der Waals surface area contributed by atoms with Gasteiger partial charge < -0.3 is 4.42 Å². The lowest BCUT2D eigenvalue weighted by molar-refractivity contribution is -0.137. The Balaban J connectivity index is 1.67. The molecule has 0 amide bonds. The van der Waals surface area contributed by atoms with Crippen molar-refractivity contribution in [2.75, 3.05) is 0 Å². The van der Waals surface area contributed by atoms with E-state index >= 15 is 0 Å². The van der Waals surface area contributed by atoms with E-state index in [9.17, 15) is 22.8 Å². The van der Waals surface area contributed by atoms with Gasteiger partial charge in [0.05, 0.1) is 11.8 Å². The molecule has 0 saturated carbocycles. The number of Topliss-reactive ketones (excluding diaryl/α,β-unsaturated/α-hetero) is 2. The molecule has 0 aliphatic carbocycles. The van der Waals surface area contributed by atoms with Crippen LogP contribution in [0, 0.1) is 0 Å². The zero-order valence-corrected chi connectivity index (χ0v) is 13.2. The molecule has 0 spiro atoms. The van der Waals surface area contributed by atoms with E-state index < -0.39 is 23.3 Å². The number of H-pyrrole nitrogens is 1. The SMILES string of the molecule is O=C(Cc1coc(Cc2cccc(C(F)(F)F)c2)c1)C(=O)c1ncn[nH]1. The highest BCUT2D eigenvalue weighted by atomic mass is 19.4. The number of furan rings is 1. The van der Waals surface area contributed by atoms with Gasteiger partial charge in [0.15, 0.2) is 5.82 Å². The molecule has 134 valence electrons. The number of hydrogen-bond acceptors (Lipinski definition) is 5. The lowest BCUT2D eigenvalue weighted by atomic mass is 10.0. The van der Waals surface area contributed by atoms with Crippen LogP contribution >= 0.6 is 0 Å². The molecule has 26 heavy (non-hydrogen) atoms. The van der Waals surface area contributed by atoms with Crippen LogP contribution in [0.15, 0.2) is 47.3 Å². The van der Waals surface area contributed by atoms with Crippen LogP contribution in [0.25, 0.3) is 0 Å². The van der Waals surface area contributed by atoms with Crippen molar-refractivity contribution in [3.63, 3.8) is 0 Å². The Labute approximate surface area is 145 Å². The Morgan fingerprint density at radius 1 is 1.15 bits per heavy atom. The van der Waals surface area contributed by atoms with Crippen LogP contribution in [0.5, 0.6) is 0 Å². The summed E-state index contributed by atoms with van der Waals surface area (Å²) in [5.74, 6) is -1.27. The van der Waals surface area contributed by atoms with Crippen LogP contribution in [-0.2, 0) is 23.8 Å². The minimum Gasteiger partial charge on any atom is -0.469 e. The summed E-state index contributed by atoms with van der Waals surface area (Å²) < 4.78 is 43.5. The normalized spacial score (nSPS) is 11.5. The number of nitrogens with one attached hydrogen (secondary N) is 1. The summed E-state index contributed by atoms with van der Waals surface area (Å²) in [7, 11) is 0. The van der Waals surface area contributed by atoms with Gasteiger partial charge in [-0.1, -0.05) is 18.2 Å². The van der Waals surface area contributed by atoms with Crippen molar-refractivity contribution in [3.8, 4) is 0 Å². The number of rotatable bonds is 6. The topological polar surface area (TPSA) is 88.8 Å². The van der Waals surface area contributed by atoms with Crippen molar-refractivity contribution in [3.05, 3.63) is 71.2 Å². The number of benzene rings is 1. The number of aromatic amines is 1. The van der Waals surface area contributed by atoms with Crippen LogP contribution in [0.4, 0.5) is 13.2 Å². The van der Waals surface area contributed by atoms with E-state index in [2.05, 4.69) is 15.2 Å². The molecule has 0 atom stereocenters. The van der Waals surface area contributed by atoms with Crippen molar-refractivity contribution in [1.29, 1.82) is 0 Å². The minimum absolute atomic E-state index is 0.133. The highest BCUT2D eigenvalue weighted by molar-refractivity contribution is 6.43. The molecule has 3 aromatic rings. The first kappa shape index (κ1) is 17.6. The third-order valence-electron chi connectivity index (χ3n) is 3.59. The predicted molar refractivity (Wildman–Crippen MR) is 82.4 cm³/mol. The molecule has 0 unspecified atom stereocenters. The van der Waals surface area contributed by atoms with Crippen LogP contribution < -0.4 is 0 Å². The summed E-state index contributed by atoms with van der Waals surface area (Å²) in [5, 5.41) is 5.81. The molecule has 0 saturated heterocycles. The summed E-state index contributed by atoms with van der Waals surface area (Å²) in [6, 6.07) is 6.44. The fraction of sp³-hybridized carbons (Fsp3) is 0.176. The van der Waals surface area contributed by atoms with Crippen LogP contribution in [0.1, 0.15) is 33.1 Å². The molecule has 6 nitrogen and oxygen atoms in total. The highest BCUT2D eigenvalue weighted by Crippen LogP contribution is 2.30. The summed E-state index contributed by atoms with van der Waals surface area (Å²) in [4.78, 5) is 27.4. The van der Waals surface area contributed by atoms with Gasteiger partial charge >= 0.3 is 6.18 Å². The average molecular weight is 363 g/mol. The van der Waals surface area contributed by atoms with Crippen molar-refractivity contribution >= 4 is 11.6 Å². The Hall–Kier alpha value is -3.23. The fourth-order valence-corrected chi connectivity index (χ4v) is 2.38. The largest absolute Gasteiger partial charge is 0.469 e. The molecule has 1 N–H and O–H groups in total. The number of halogens is 3. The monoisotopic (exact) mass is 363 g/mol. The first-order valence-electron chi connectivity index (χ1n) is 7.48. The molecule has 0 radical (unpaired) electrons. The zero-order chi connectivity index (χ0) is 18.7. The molecule has 0 fully saturated rings. The lowest BCUT2D eigenvalue weighted by Gasteiger charge is -2.07. The van der Waals surface area contributed by atoms with E-state index in [0.717, 1.165) is 18.5 Å². The molecule has 1 aromatic carbocycles. The molecule has 9 heteroatoms. The van der Waals surface area contributed by atoms with Gasteiger partial charge in [0.1, 0.15) is 12.1 Å². The van der Waals surface area contributed by atoms with Crippen LogP contribution in [0.3, 0.4) is 0 Å². The fourth-order valence-electron chi connectivity index (χ4n) is 2.38. The van der Waals surface area contributed by atoms with E-state index in [0.29, 0.717) is 16.9 Å². The van der Waals surface area contributed by atoms with Gasteiger partial charge in [-0.3, -0.25) is 14.7 Å². The summed E-state index contributed by atoms with van der Waals surface area (Å²) in [6.07, 6.45) is -2.07. The molecule has 0 aliphatic heterocycles. The summed E-state index contributed by atoms with van der Waals surface area (Å²) in [6.45, 7) is 0. The van der Waals surface area contributed by atoms with Crippen molar-refractivity contribution in [2.24, 2.45) is 0 Å². The standard InChI is InChI=1S/C17H12F3N3O3/c18-17(19,20)12-3-1-2-10(4-12)5-13-6-11(8-26-13)7-14(24)15(25)16-21-9-22-23-16/h1-4,6,8-9H,5,7H2,(H,21,22,23). The van der Waals surface area contributed by atoms with Gasteiger partial charge in [0.25, 0.3) is 5.78 Å². The molecule has 3 rings (SSSR count). The smallest absolute Gasteiger partial charge is 0.416 e. The van der Waals surface area contributed by atoms with E-state index in [-0.39, 0.29) is 18.7 Å². The molecule has 2 heterocycles. The minimum atomic E-state index is -4.42. The van der Waals surface area contributed by atoms with Crippen molar-refractivity contribution < 1.29 is 27.2 Å². The third kappa shape index (κ3) is 4.05. The first-order valence-corrected chi connectivity index (χ1v) is 7.48. The Kier molecular flexibility index (Phi) is 4.70. The number of carbonyl (C=O) groups excluding carboxylic acids is 2. The lowest BCUT2D eigenvalue weighted by Crippen LogP contribution is -2.17.